The van der Waals surface area contributed by atoms with Crippen LogP contribution in [0.5, 0.6) is 0 Å². The summed E-state index contributed by atoms with van der Waals surface area (Å²) in [6.07, 6.45) is 4.03. The largest absolute Gasteiger partial charge is 0.308 e. The first-order valence-electron chi connectivity index (χ1n) is 5.33. The van der Waals surface area contributed by atoms with Crippen molar-refractivity contribution in [1.82, 2.24) is 15.1 Å². The Morgan fingerprint density at radius 2 is 2.25 bits per heavy atom. The SMILES string of the molecule is CCCNC(CS(C)(=O)=O)c1ccn(C)n1. The third kappa shape index (κ3) is 4.32. The zero-order valence-electron chi connectivity index (χ0n) is 9.97. The number of sulfone groups is 1. The second kappa shape index (κ2) is 5.45. The van der Waals surface area contributed by atoms with Gasteiger partial charge in [-0.15, -0.1) is 0 Å². The third-order valence-corrected chi connectivity index (χ3v) is 3.14. The molecule has 0 spiro atoms. The Kier molecular flexibility index (Phi) is 4.49. The van der Waals surface area contributed by atoms with Crippen molar-refractivity contribution in [3.8, 4) is 0 Å². The van der Waals surface area contributed by atoms with Gasteiger partial charge in [-0.2, -0.15) is 5.10 Å². The molecule has 0 aliphatic heterocycles. The van der Waals surface area contributed by atoms with Crippen molar-refractivity contribution >= 4 is 9.84 Å². The summed E-state index contributed by atoms with van der Waals surface area (Å²) < 4.78 is 24.3. The number of hydrogen-bond donors (Lipinski definition) is 1. The van der Waals surface area contributed by atoms with Gasteiger partial charge in [0, 0.05) is 19.5 Å². The van der Waals surface area contributed by atoms with E-state index in [-0.39, 0.29) is 11.8 Å². The van der Waals surface area contributed by atoms with Gasteiger partial charge in [-0.1, -0.05) is 6.92 Å². The normalized spacial score (nSPS) is 13.9. The molecule has 0 radical (unpaired) electrons. The van der Waals surface area contributed by atoms with E-state index in [9.17, 15) is 8.42 Å². The average molecular weight is 245 g/mol. The topological polar surface area (TPSA) is 64.0 Å². The number of nitrogens with zero attached hydrogens (tertiary/aromatic N) is 2. The lowest BCUT2D eigenvalue weighted by molar-refractivity contribution is 0.534. The van der Waals surface area contributed by atoms with E-state index in [0.717, 1.165) is 18.7 Å². The Morgan fingerprint density at radius 1 is 1.56 bits per heavy atom. The van der Waals surface area contributed by atoms with Gasteiger partial charge >= 0.3 is 0 Å². The summed E-state index contributed by atoms with van der Waals surface area (Å²) >= 11 is 0. The number of nitrogens with one attached hydrogen (secondary N) is 1. The van der Waals surface area contributed by atoms with E-state index in [1.807, 2.05) is 26.2 Å². The van der Waals surface area contributed by atoms with Gasteiger partial charge in [0.15, 0.2) is 0 Å². The maximum Gasteiger partial charge on any atom is 0.149 e. The molecule has 0 saturated carbocycles. The molecule has 1 atom stereocenters. The first kappa shape index (κ1) is 13.2. The molecule has 1 aromatic heterocycles. The van der Waals surface area contributed by atoms with Gasteiger partial charge in [-0.3, -0.25) is 4.68 Å². The van der Waals surface area contributed by atoms with Crippen molar-refractivity contribution in [2.24, 2.45) is 7.05 Å². The predicted octanol–water partition coefficient (Wildman–Crippen LogP) is 0.505. The van der Waals surface area contributed by atoms with Gasteiger partial charge in [-0.05, 0) is 19.0 Å². The second-order valence-electron chi connectivity index (χ2n) is 4.01. The van der Waals surface area contributed by atoms with Crippen LogP contribution < -0.4 is 5.32 Å². The molecular weight excluding hydrogens is 226 g/mol. The summed E-state index contributed by atoms with van der Waals surface area (Å²) in [6.45, 7) is 2.83. The summed E-state index contributed by atoms with van der Waals surface area (Å²) in [5, 5.41) is 7.44. The molecule has 0 fully saturated rings. The number of aryl methyl sites for hydroxylation is 1. The molecule has 5 nitrogen and oxygen atoms in total. The minimum absolute atomic E-state index is 0.0873. The Labute approximate surface area is 96.8 Å². The lowest BCUT2D eigenvalue weighted by Gasteiger charge is -2.15. The van der Waals surface area contributed by atoms with Gasteiger partial charge < -0.3 is 5.32 Å². The lowest BCUT2D eigenvalue weighted by Crippen LogP contribution is -2.29. The van der Waals surface area contributed by atoms with E-state index in [2.05, 4.69) is 10.4 Å². The fourth-order valence-corrected chi connectivity index (χ4v) is 2.38. The van der Waals surface area contributed by atoms with E-state index in [0.29, 0.717) is 0 Å². The highest BCUT2D eigenvalue weighted by molar-refractivity contribution is 7.90. The molecule has 1 aromatic rings. The van der Waals surface area contributed by atoms with Crippen LogP contribution in [0.1, 0.15) is 25.1 Å². The molecule has 16 heavy (non-hydrogen) atoms. The van der Waals surface area contributed by atoms with Crippen molar-refractivity contribution in [3.63, 3.8) is 0 Å². The zero-order valence-corrected chi connectivity index (χ0v) is 10.8. The van der Waals surface area contributed by atoms with E-state index in [1.54, 1.807) is 4.68 Å². The Hall–Kier alpha value is -0.880. The van der Waals surface area contributed by atoms with Gasteiger partial charge in [0.1, 0.15) is 9.84 Å². The summed E-state index contributed by atoms with van der Waals surface area (Å²) in [4.78, 5) is 0. The van der Waals surface area contributed by atoms with Crippen molar-refractivity contribution < 1.29 is 8.42 Å². The molecule has 0 aliphatic carbocycles. The average Bonchev–Trinajstić information content (AvgIpc) is 2.57. The highest BCUT2D eigenvalue weighted by atomic mass is 32.2. The van der Waals surface area contributed by atoms with Crippen molar-refractivity contribution in [1.29, 1.82) is 0 Å². The molecule has 0 amide bonds. The second-order valence-corrected chi connectivity index (χ2v) is 6.20. The standard InChI is InChI=1S/C10H19N3O2S/c1-4-6-11-10(8-16(3,14)15)9-5-7-13(2)12-9/h5,7,10-11H,4,6,8H2,1-3H3. The van der Waals surface area contributed by atoms with Crippen LogP contribution in [0.2, 0.25) is 0 Å². The smallest absolute Gasteiger partial charge is 0.149 e. The maximum absolute atomic E-state index is 11.3. The fourth-order valence-electron chi connectivity index (χ4n) is 1.49. The van der Waals surface area contributed by atoms with Crippen LogP contribution in [0.15, 0.2) is 12.3 Å². The number of rotatable bonds is 6. The summed E-state index contributed by atoms with van der Waals surface area (Å²) in [5.74, 6) is 0.0873. The zero-order chi connectivity index (χ0) is 12.2. The lowest BCUT2D eigenvalue weighted by atomic mass is 10.2. The fraction of sp³-hybridized carbons (Fsp3) is 0.700. The summed E-state index contributed by atoms with van der Waals surface area (Å²) in [7, 11) is -1.18. The first-order chi connectivity index (χ1) is 7.42. The van der Waals surface area contributed by atoms with Crippen LogP contribution in [0.25, 0.3) is 0 Å². The van der Waals surface area contributed by atoms with E-state index in [4.69, 9.17) is 0 Å². The molecule has 1 heterocycles. The summed E-state index contributed by atoms with van der Waals surface area (Å²) in [6, 6.07) is 1.63. The van der Waals surface area contributed by atoms with Crippen LogP contribution in [0, 0.1) is 0 Å². The van der Waals surface area contributed by atoms with Gasteiger partial charge in [0.25, 0.3) is 0 Å². The number of hydrogen-bond acceptors (Lipinski definition) is 4. The summed E-state index contributed by atoms with van der Waals surface area (Å²) in [5.41, 5.74) is 0.779. The van der Waals surface area contributed by atoms with E-state index >= 15 is 0 Å². The molecule has 1 N–H and O–H groups in total. The number of aromatic nitrogens is 2. The van der Waals surface area contributed by atoms with Gasteiger partial charge in [0.2, 0.25) is 0 Å². The highest BCUT2D eigenvalue weighted by Crippen LogP contribution is 2.12. The predicted molar refractivity (Wildman–Crippen MR) is 64.0 cm³/mol. The van der Waals surface area contributed by atoms with Crippen LogP contribution in [-0.4, -0.2) is 36.8 Å². The molecule has 0 aliphatic rings. The Morgan fingerprint density at radius 3 is 2.69 bits per heavy atom. The van der Waals surface area contributed by atoms with Crippen LogP contribution in [0.3, 0.4) is 0 Å². The molecule has 92 valence electrons. The van der Waals surface area contributed by atoms with Crippen LogP contribution in [-0.2, 0) is 16.9 Å². The Bertz CT molecular complexity index is 425. The Balaban J connectivity index is 2.78. The van der Waals surface area contributed by atoms with Gasteiger partial charge in [0.05, 0.1) is 17.5 Å². The van der Waals surface area contributed by atoms with E-state index < -0.39 is 9.84 Å². The van der Waals surface area contributed by atoms with Crippen LogP contribution >= 0.6 is 0 Å². The van der Waals surface area contributed by atoms with Crippen molar-refractivity contribution in [2.75, 3.05) is 18.6 Å². The third-order valence-electron chi connectivity index (χ3n) is 2.20. The van der Waals surface area contributed by atoms with Crippen molar-refractivity contribution in [3.05, 3.63) is 18.0 Å². The molecule has 0 bridgehead atoms. The molecule has 1 rings (SSSR count). The highest BCUT2D eigenvalue weighted by Gasteiger charge is 2.18. The molecule has 1 unspecified atom stereocenters. The first-order valence-corrected chi connectivity index (χ1v) is 7.39. The molecule has 0 saturated heterocycles. The minimum Gasteiger partial charge on any atom is -0.308 e. The molecule has 0 aromatic carbocycles. The molecular formula is C10H19N3O2S. The van der Waals surface area contributed by atoms with Gasteiger partial charge in [-0.25, -0.2) is 8.42 Å². The minimum atomic E-state index is -3.00. The monoisotopic (exact) mass is 245 g/mol. The van der Waals surface area contributed by atoms with Crippen LogP contribution in [0.4, 0.5) is 0 Å². The van der Waals surface area contributed by atoms with Crippen molar-refractivity contribution in [2.45, 2.75) is 19.4 Å². The van der Waals surface area contributed by atoms with E-state index in [1.165, 1.54) is 6.26 Å². The quantitative estimate of drug-likeness (QED) is 0.793. The molecule has 6 heteroatoms. The maximum atomic E-state index is 11.3.